The maximum absolute atomic E-state index is 10.3. The van der Waals surface area contributed by atoms with Crippen molar-refractivity contribution in [2.45, 2.75) is 32.3 Å². The van der Waals surface area contributed by atoms with Crippen LogP contribution in [0.4, 0.5) is 0 Å². The molecule has 0 unspecified atom stereocenters. The van der Waals surface area contributed by atoms with E-state index in [0.717, 1.165) is 41.1 Å². The highest BCUT2D eigenvalue weighted by atomic mass is 16.3. The Morgan fingerprint density at radius 2 is 2.15 bits per heavy atom. The van der Waals surface area contributed by atoms with Gasteiger partial charge < -0.3 is 5.11 Å². The van der Waals surface area contributed by atoms with Gasteiger partial charge in [-0.05, 0) is 24.6 Å². The minimum Gasteiger partial charge on any atom is -0.387 e. The number of aromatic amines is 1. The molecule has 26 heavy (non-hydrogen) atoms. The van der Waals surface area contributed by atoms with E-state index in [1.165, 1.54) is 6.33 Å². The summed E-state index contributed by atoms with van der Waals surface area (Å²) in [6.45, 7) is 2.11. The summed E-state index contributed by atoms with van der Waals surface area (Å²) in [5.41, 5.74) is 4.05. The van der Waals surface area contributed by atoms with E-state index in [9.17, 15) is 5.11 Å². The zero-order valence-electron chi connectivity index (χ0n) is 14.5. The number of hydrogen-bond donors (Lipinski definition) is 2. The van der Waals surface area contributed by atoms with Crippen LogP contribution in [0.25, 0.3) is 28.2 Å². The number of rotatable bonds is 6. The molecule has 4 rings (SSSR count). The second kappa shape index (κ2) is 7.05. The summed E-state index contributed by atoms with van der Waals surface area (Å²) in [7, 11) is 0. The first kappa shape index (κ1) is 16.4. The van der Waals surface area contributed by atoms with Crippen LogP contribution in [0, 0.1) is 0 Å². The van der Waals surface area contributed by atoms with Gasteiger partial charge in [-0.3, -0.25) is 9.67 Å². The number of aromatic nitrogens is 6. The number of nitrogens with zero attached hydrogens (tertiary/aromatic N) is 5. The van der Waals surface area contributed by atoms with Gasteiger partial charge in [0.2, 0.25) is 0 Å². The average Bonchev–Trinajstić information content (AvgIpc) is 3.35. The maximum Gasteiger partial charge on any atom is 0.163 e. The summed E-state index contributed by atoms with van der Waals surface area (Å²) in [5, 5.41) is 17.0. The zero-order valence-corrected chi connectivity index (χ0v) is 14.5. The summed E-state index contributed by atoms with van der Waals surface area (Å²) in [6.07, 6.45) is 7.25. The summed E-state index contributed by atoms with van der Waals surface area (Å²) in [6, 6.07) is 9.88. The van der Waals surface area contributed by atoms with Gasteiger partial charge in [0.05, 0.1) is 18.0 Å². The molecule has 0 saturated heterocycles. The van der Waals surface area contributed by atoms with Crippen molar-refractivity contribution in [3.05, 3.63) is 54.7 Å². The molecule has 0 fully saturated rings. The Bertz CT molecular complexity index is 1010. The molecule has 7 nitrogen and oxygen atoms in total. The van der Waals surface area contributed by atoms with Crippen LogP contribution in [0.5, 0.6) is 0 Å². The molecule has 0 aliphatic rings. The maximum atomic E-state index is 10.3. The Balaban J connectivity index is 1.69. The van der Waals surface area contributed by atoms with Crippen molar-refractivity contribution in [3.63, 3.8) is 0 Å². The molecule has 1 aromatic carbocycles. The molecule has 0 aliphatic heterocycles. The average molecular weight is 348 g/mol. The van der Waals surface area contributed by atoms with Crippen molar-refractivity contribution >= 4 is 11.2 Å². The van der Waals surface area contributed by atoms with Gasteiger partial charge in [0.15, 0.2) is 11.5 Å². The predicted molar refractivity (Wildman–Crippen MR) is 98.7 cm³/mol. The van der Waals surface area contributed by atoms with E-state index in [4.69, 9.17) is 0 Å². The van der Waals surface area contributed by atoms with Crippen molar-refractivity contribution in [1.82, 2.24) is 29.7 Å². The van der Waals surface area contributed by atoms with Crippen molar-refractivity contribution in [2.24, 2.45) is 0 Å². The standard InChI is InChI=1S/C19H20N6O/c1-2-3-7-17(26)16-11-20-19-15(23-16)8-9-25(19)14-6-4-5-13(10-14)18-21-12-22-24-18/h4-6,8-12,17,26H,2-3,7H2,1H3,(H,21,22,24)/t17-/m0/s1. The predicted octanol–water partition coefficient (Wildman–Crippen LogP) is 3.43. The highest BCUT2D eigenvalue weighted by Crippen LogP contribution is 2.24. The van der Waals surface area contributed by atoms with Crippen LogP contribution >= 0.6 is 0 Å². The molecule has 0 spiro atoms. The van der Waals surface area contributed by atoms with Gasteiger partial charge in [0.1, 0.15) is 11.8 Å². The molecule has 0 amide bonds. The molecular formula is C19H20N6O. The highest BCUT2D eigenvalue weighted by molar-refractivity contribution is 5.74. The number of unbranched alkanes of at least 4 members (excludes halogenated alkanes) is 1. The van der Waals surface area contributed by atoms with Gasteiger partial charge in [-0.15, -0.1) is 0 Å². The van der Waals surface area contributed by atoms with Crippen molar-refractivity contribution in [3.8, 4) is 17.1 Å². The minimum absolute atomic E-state index is 0.565. The number of H-pyrrole nitrogens is 1. The fourth-order valence-electron chi connectivity index (χ4n) is 2.99. The lowest BCUT2D eigenvalue weighted by Crippen LogP contribution is -2.02. The van der Waals surface area contributed by atoms with Crippen LogP contribution in [0.2, 0.25) is 0 Å². The molecule has 1 atom stereocenters. The molecular weight excluding hydrogens is 328 g/mol. The number of nitrogens with one attached hydrogen (secondary N) is 1. The van der Waals surface area contributed by atoms with Gasteiger partial charge in [0, 0.05) is 17.4 Å². The van der Waals surface area contributed by atoms with E-state index >= 15 is 0 Å². The first-order valence-electron chi connectivity index (χ1n) is 8.74. The van der Waals surface area contributed by atoms with E-state index in [1.807, 2.05) is 41.1 Å². The van der Waals surface area contributed by atoms with E-state index in [2.05, 4.69) is 32.1 Å². The van der Waals surface area contributed by atoms with Crippen LogP contribution < -0.4 is 0 Å². The lowest BCUT2D eigenvalue weighted by molar-refractivity contribution is 0.159. The number of aliphatic hydroxyl groups is 1. The monoisotopic (exact) mass is 348 g/mol. The van der Waals surface area contributed by atoms with Crippen LogP contribution in [0.15, 0.2) is 49.1 Å². The topological polar surface area (TPSA) is 92.5 Å². The fraction of sp³-hybridized carbons (Fsp3) is 0.263. The molecule has 4 aromatic rings. The Morgan fingerprint density at radius 3 is 2.96 bits per heavy atom. The Hall–Kier alpha value is -3.06. The number of hydrogen-bond acceptors (Lipinski definition) is 5. The van der Waals surface area contributed by atoms with Gasteiger partial charge in [-0.2, -0.15) is 5.10 Å². The molecule has 3 aromatic heterocycles. The summed E-state index contributed by atoms with van der Waals surface area (Å²) in [5.74, 6) is 0.718. The second-order valence-electron chi connectivity index (χ2n) is 6.23. The third-order valence-electron chi connectivity index (χ3n) is 4.39. The van der Waals surface area contributed by atoms with E-state index in [1.54, 1.807) is 6.20 Å². The van der Waals surface area contributed by atoms with Crippen LogP contribution in [0.3, 0.4) is 0 Å². The molecule has 132 valence electrons. The molecule has 3 heterocycles. The number of benzene rings is 1. The van der Waals surface area contributed by atoms with Crippen molar-refractivity contribution in [1.29, 1.82) is 0 Å². The SMILES string of the molecule is CCCC[C@H](O)c1cnc2c(ccn2-c2cccc(-c3ncn[nH]3)c2)n1. The minimum atomic E-state index is -0.565. The largest absolute Gasteiger partial charge is 0.387 e. The molecule has 7 heteroatoms. The van der Waals surface area contributed by atoms with Crippen molar-refractivity contribution < 1.29 is 5.11 Å². The molecule has 2 N–H and O–H groups in total. The van der Waals surface area contributed by atoms with Crippen LogP contribution in [0.1, 0.15) is 38.0 Å². The third kappa shape index (κ3) is 3.09. The quantitative estimate of drug-likeness (QED) is 0.557. The first-order valence-corrected chi connectivity index (χ1v) is 8.74. The van der Waals surface area contributed by atoms with Crippen LogP contribution in [-0.2, 0) is 0 Å². The van der Waals surface area contributed by atoms with Gasteiger partial charge in [-0.1, -0.05) is 31.9 Å². The second-order valence-corrected chi connectivity index (χ2v) is 6.23. The fourth-order valence-corrected chi connectivity index (χ4v) is 2.99. The van der Waals surface area contributed by atoms with Gasteiger partial charge in [-0.25, -0.2) is 15.0 Å². The Labute approximate surface area is 150 Å². The normalized spacial score (nSPS) is 12.5. The number of aliphatic hydroxyl groups excluding tert-OH is 1. The zero-order chi connectivity index (χ0) is 17.9. The Kier molecular flexibility index (Phi) is 4.45. The van der Waals surface area contributed by atoms with E-state index in [0.29, 0.717) is 12.1 Å². The van der Waals surface area contributed by atoms with Gasteiger partial charge >= 0.3 is 0 Å². The lowest BCUT2D eigenvalue weighted by Gasteiger charge is -2.10. The summed E-state index contributed by atoms with van der Waals surface area (Å²) in [4.78, 5) is 13.3. The van der Waals surface area contributed by atoms with Crippen molar-refractivity contribution in [2.75, 3.05) is 0 Å². The first-order chi connectivity index (χ1) is 12.8. The van der Waals surface area contributed by atoms with E-state index < -0.39 is 6.10 Å². The lowest BCUT2D eigenvalue weighted by atomic mass is 10.1. The van der Waals surface area contributed by atoms with Crippen LogP contribution in [-0.4, -0.2) is 34.8 Å². The molecule has 0 aliphatic carbocycles. The highest BCUT2D eigenvalue weighted by Gasteiger charge is 2.13. The summed E-state index contributed by atoms with van der Waals surface area (Å²) < 4.78 is 1.98. The third-order valence-corrected chi connectivity index (χ3v) is 4.39. The van der Waals surface area contributed by atoms with Gasteiger partial charge in [0.25, 0.3) is 0 Å². The summed E-state index contributed by atoms with van der Waals surface area (Å²) >= 11 is 0. The molecule has 0 bridgehead atoms. The molecule has 0 radical (unpaired) electrons. The smallest absolute Gasteiger partial charge is 0.163 e. The van der Waals surface area contributed by atoms with E-state index in [-0.39, 0.29) is 0 Å². The molecule has 0 saturated carbocycles. The Morgan fingerprint density at radius 1 is 1.23 bits per heavy atom. The number of fused-ring (bicyclic) bond motifs is 1.